The zero-order valence-electron chi connectivity index (χ0n) is 18.0. The molecule has 0 saturated heterocycles. The van der Waals surface area contributed by atoms with Gasteiger partial charge in [0.15, 0.2) is 5.11 Å². The Morgan fingerprint density at radius 2 is 1.14 bits per heavy atom. The molecule has 1 aromatic carbocycles. The molecule has 160 valence electrons. The van der Waals surface area contributed by atoms with Gasteiger partial charge < -0.3 is 15.7 Å². The number of hydrogen-bond donors (Lipinski definition) is 2. The monoisotopic (exact) mass is 406 g/mol. The Bertz CT molecular complexity index is 504. The minimum absolute atomic E-state index is 0.263. The highest BCUT2D eigenvalue weighted by Gasteiger charge is 2.08. The van der Waals surface area contributed by atoms with Crippen molar-refractivity contribution in [3.63, 3.8) is 0 Å². The molecule has 1 aromatic rings. The first-order valence-corrected chi connectivity index (χ1v) is 11.9. The molecule has 0 atom stereocenters. The fraction of sp³-hybridized carbons (Fsp3) is 0.708. The smallest absolute Gasteiger partial charge is 0.170 e. The van der Waals surface area contributed by atoms with E-state index < -0.39 is 0 Å². The first-order chi connectivity index (χ1) is 13.6. The van der Waals surface area contributed by atoms with Crippen LogP contribution in [0.5, 0.6) is 5.75 Å². The highest BCUT2D eigenvalue weighted by atomic mass is 32.1. The Kier molecular flexibility index (Phi) is 14.7. The topological polar surface area (TPSA) is 49.5 Å². The van der Waals surface area contributed by atoms with E-state index in [2.05, 4.69) is 6.92 Å². The molecule has 0 radical (unpaired) electrons. The number of rotatable bonds is 17. The van der Waals surface area contributed by atoms with Crippen molar-refractivity contribution in [3.8, 4) is 5.75 Å². The van der Waals surface area contributed by atoms with Crippen LogP contribution in [0.25, 0.3) is 0 Å². The first-order valence-electron chi connectivity index (χ1n) is 11.5. The van der Waals surface area contributed by atoms with Gasteiger partial charge in [-0.3, -0.25) is 0 Å². The van der Waals surface area contributed by atoms with Gasteiger partial charge in [-0.1, -0.05) is 96.8 Å². The SMILES string of the molecule is CCCCCCCCCCCCCCCCCN(C(N)=S)c1ccc(O)cc1. The summed E-state index contributed by atoms with van der Waals surface area (Å²) >= 11 is 5.18. The lowest BCUT2D eigenvalue weighted by molar-refractivity contribution is 0.475. The van der Waals surface area contributed by atoms with E-state index in [4.69, 9.17) is 18.0 Å². The third kappa shape index (κ3) is 12.2. The van der Waals surface area contributed by atoms with Crippen LogP contribution in [0.1, 0.15) is 103 Å². The number of phenolic OH excluding ortho intramolecular Hbond substituents is 1. The molecule has 0 bridgehead atoms. The van der Waals surface area contributed by atoms with Crippen molar-refractivity contribution in [2.45, 2.75) is 103 Å². The Hall–Kier alpha value is -1.29. The average molecular weight is 407 g/mol. The quantitative estimate of drug-likeness (QED) is 0.210. The van der Waals surface area contributed by atoms with E-state index in [9.17, 15) is 5.11 Å². The molecule has 3 nitrogen and oxygen atoms in total. The number of benzene rings is 1. The minimum Gasteiger partial charge on any atom is -0.508 e. The zero-order valence-corrected chi connectivity index (χ0v) is 18.8. The number of nitrogens with two attached hydrogens (primary N) is 1. The molecule has 0 saturated carbocycles. The molecule has 0 amide bonds. The fourth-order valence-corrected chi connectivity index (χ4v) is 3.84. The van der Waals surface area contributed by atoms with E-state index in [0.29, 0.717) is 5.11 Å². The van der Waals surface area contributed by atoms with Crippen molar-refractivity contribution in [3.05, 3.63) is 24.3 Å². The maximum Gasteiger partial charge on any atom is 0.170 e. The predicted molar refractivity (Wildman–Crippen MR) is 127 cm³/mol. The Morgan fingerprint density at radius 3 is 1.54 bits per heavy atom. The van der Waals surface area contributed by atoms with Gasteiger partial charge in [-0.15, -0.1) is 0 Å². The number of hydrogen-bond acceptors (Lipinski definition) is 2. The lowest BCUT2D eigenvalue weighted by atomic mass is 10.0. The molecule has 0 heterocycles. The summed E-state index contributed by atoms with van der Waals surface area (Å²) in [6, 6.07) is 7.07. The van der Waals surface area contributed by atoms with Gasteiger partial charge in [0, 0.05) is 12.2 Å². The average Bonchev–Trinajstić information content (AvgIpc) is 2.68. The molecule has 28 heavy (non-hydrogen) atoms. The van der Waals surface area contributed by atoms with Gasteiger partial charge >= 0.3 is 0 Å². The van der Waals surface area contributed by atoms with Gasteiger partial charge in [0.25, 0.3) is 0 Å². The molecule has 3 N–H and O–H groups in total. The van der Waals surface area contributed by atoms with Crippen LogP contribution in [-0.2, 0) is 0 Å². The second-order valence-electron chi connectivity index (χ2n) is 7.96. The third-order valence-corrected chi connectivity index (χ3v) is 5.63. The molecule has 0 aliphatic carbocycles. The van der Waals surface area contributed by atoms with E-state index in [1.807, 2.05) is 17.0 Å². The van der Waals surface area contributed by atoms with Crippen LogP contribution in [0.15, 0.2) is 24.3 Å². The number of unbranched alkanes of at least 4 members (excludes halogenated alkanes) is 14. The molecule has 0 unspecified atom stereocenters. The van der Waals surface area contributed by atoms with Crippen LogP contribution in [0.2, 0.25) is 0 Å². The number of nitrogens with zero attached hydrogens (tertiary/aromatic N) is 1. The summed E-state index contributed by atoms with van der Waals surface area (Å²) in [6.45, 7) is 3.13. The van der Waals surface area contributed by atoms with Crippen molar-refractivity contribution in [1.82, 2.24) is 0 Å². The molecule has 4 heteroatoms. The molecular weight excluding hydrogens is 364 g/mol. The summed E-state index contributed by atoms with van der Waals surface area (Å²) < 4.78 is 0. The van der Waals surface area contributed by atoms with Gasteiger partial charge in [-0.2, -0.15) is 0 Å². The van der Waals surface area contributed by atoms with Gasteiger partial charge in [0.2, 0.25) is 0 Å². The largest absolute Gasteiger partial charge is 0.508 e. The Morgan fingerprint density at radius 1 is 0.750 bits per heavy atom. The van der Waals surface area contributed by atoms with Gasteiger partial charge in [-0.05, 0) is 42.9 Å². The Labute approximate surface area is 178 Å². The lowest BCUT2D eigenvalue weighted by Crippen LogP contribution is -2.36. The lowest BCUT2D eigenvalue weighted by Gasteiger charge is -2.23. The maximum atomic E-state index is 9.41. The third-order valence-electron chi connectivity index (χ3n) is 5.41. The zero-order chi connectivity index (χ0) is 20.5. The maximum absolute atomic E-state index is 9.41. The number of phenols is 1. The van der Waals surface area contributed by atoms with E-state index in [-0.39, 0.29) is 5.75 Å². The molecule has 1 rings (SSSR count). The van der Waals surface area contributed by atoms with Gasteiger partial charge in [0.1, 0.15) is 5.75 Å². The van der Waals surface area contributed by atoms with Crippen LogP contribution < -0.4 is 10.6 Å². The summed E-state index contributed by atoms with van der Waals surface area (Å²) in [5, 5.41) is 9.81. The van der Waals surface area contributed by atoms with Crippen molar-refractivity contribution >= 4 is 23.0 Å². The summed E-state index contributed by atoms with van der Waals surface area (Å²) in [4.78, 5) is 1.96. The van der Waals surface area contributed by atoms with E-state index in [1.165, 1.54) is 89.9 Å². The molecule has 0 aliphatic heterocycles. The second-order valence-corrected chi connectivity index (χ2v) is 8.37. The molecule has 0 fully saturated rings. The number of aromatic hydroxyl groups is 1. The predicted octanol–water partition coefficient (Wildman–Crippen LogP) is 7.31. The molecule has 0 spiro atoms. The highest BCUT2D eigenvalue weighted by Crippen LogP contribution is 2.19. The van der Waals surface area contributed by atoms with E-state index in [0.717, 1.165) is 18.7 Å². The van der Waals surface area contributed by atoms with E-state index >= 15 is 0 Å². The van der Waals surface area contributed by atoms with Crippen molar-refractivity contribution in [1.29, 1.82) is 0 Å². The molecular formula is C24H42N2OS. The van der Waals surface area contributed by atoms with Crippen molar-refractivity contribution < 1.29 is 5.11 Å². The number of anilines is 1. The van der Waals surface area contributed by atoms with Gasteiger partial charge in [0.05, 0.1) is 0 Å². The first kappa shape index (κ1) is 24.7. The van der Waals surface area contributed by atoms with Crippen LogP contribution in [0, 0.1) is 0 Å². The van der Waals surface area contributed by atoms with Crippen LogP contribution >= 0.6 is 12.2 Å². The van der Waals surface area contributed by atoms with Crippen molar-refractivity contribution in [2.24, 2.45) is 5.73 Å². The van der Waals surface area contributed by atoms with Crippen LogP contribution in [0.4, 0.5) is 5.69 Å². The van der Waals surface area contributed by atoms with Crippen LogP contribution in [-0.4, -0.2) is 16.8 Å². The number of thiocarbonyl (C=S) groups is 1. The second kappa shape index (κ2) is 16.6. The molecule has 0 aliphatic rings. The fourth-order valence-electron chi connectivity index (χ4n) is 3.64. The van der Waals surface area contributed by atoms with Crippen LogP contribution in [0.3, 0.4) is 0 Å². The molecule has 0 aromatic heterocycles. The normalized spacial score (nSPS) is 10.9. The summed E-state index contributed by atoms with van der Waals surface area (Å²) in [5.41, 5.74) is 6.82. The highest BCUT2D eigenvalue weighted by molar-refractivity contribution is 7.80. The standard InChI is InChI=1S/C24H42N2OS/c1-2-3-4-5-6-7-8-9-10-11-12-13-14-15-16-21-26(24(25)28)22-17-19-23(27)20-18-22/h17-20,27H,2-16,21H2,1H3,(H2,25,28). The summed E-state index contributed by atoms with van der Waals surface area (Å²) in [7, 11) is 0. The van der Waals surface area contributed by atoms with Crippen molar-refractivity contribution in [2.75, 3.05) is 11.4 Å². The van der Waals surface area contributed by atoms with E-state index in [1.54, 1.807) is 12.1 Å². The summed E-state index contributed by atoms with van der Waals surface area (Å²) in [5.74, 6) is 0.263. The Balaban J connectivity index is 1.95. The minimum atomic E-state index is 0.263. The summed E-state index contributed by atoms with van der Waals surface area (Å²) in [6.07, 6.45) is 20.4. The van der Waals surface area contributed by atoms with Gasteiger partial charge in [-0.25, -0.2) is 0 Å².